The molecule has 3 heterocycles. The van der Waals surface area contributed by atoms with Crippen LogP contribution in [0.5, 0.6) is 0 Å². The van der Waals surface area contributed by atoms with Gasteiger partial charge in [0.25, 0.3) is 0 Å². The minimum absolute atomic E-state index is 0.0978. The third kappa shape index (κ3) is 3.72. The van der Waals surface area contributed by atoms with Gasteiger partial charge in [-0.3, -0.25) is 14.4 Å². The summed E-state index contributed by atoms with van der Waals surface area (Å²) in [6, 6.07) is 12.5. The van der Waals surface area contributed by atoms with Crippen molar-refractivity contribution in [1.29, 1.82) is 0 Å². The summed E-state index contributed by atoms with van der Waals surface area (Å²) in [6.07, 6.45) is 2.81. The molecule has 2 unspecified atom stereocenters. The molecule has 0 saturated carbocycles. The summed E-state index contributed by atoms with van der Waals surface area (Å²) in [6.45, 7) is 6.32. The van der Waals surface area contributed by atoms with Crippen molar-refractivity contribution in [3.05, 3.63) is 42.5 Å². The summed E-state index contributed by atoms with van der Waals surface area (Å²) < 4.78 is -1.09. The van der Waals surface area contributed by atoms with Gasteiger partial charge in [0.2, 0.25) is 17.7 Å². The maximum Gasteiger partial charge on any atom is 0.248 e. The Kier molecular flexibility index (Phi) is 6.53. The van der Waals surface area contributed by atoms with E-state index in [1.807, 2.05) is 56.3 Å². The standard InChI is InChI=1S/C28H35N3O4S/c1-4-14-29-24(33)21-22-26(35)31(20(5-2)16-32)23(28(22)13-12-27(21,3)36-28)25(34)30-19-11-10-17-8-6-7-9-18(17)15-19/h6-11,15,20-23,32H,4-5,12-14,16H2,1-3H3,(H,29,33)(H,30,34)/t20-,21+,22-,23?,27-,28?/m0/s1. The maximum atomic E-state index is 14.0. The van der Waals surface area contributed by atoms with Gasteiger partial charge in [0.15, 0.2) is 0 Å². The topological polar surface area (TPSA) is 98.7 Å². The minimum Gasteiger partial charge on any atom is -0.394 e. The zero-order chi connectivity index (χ0) is 25.7. The van der Waals surface area contributed by atoms with Gasteiger partial charge in [0.05, 0.1) is 29.2 Å². The first-order chi connectivity index (χ1) is 17.3. The predicted molar refractivity (Wildman–Crippen MR) is 143 cm³/mol. The Labute approximate surface area is 216 Å². The van der Waals surface area contributed by atoms with E-state index < -0.39 is 33.4 Å². The van der Waals surface area contributed by atoms with E-state index in [2.05, 4.69) is 17.6 Å². The van der Waals surface area contributed by atoms with Crippen LogP contribution in [0.3, 0.4) is 0 Å². The lowest BCUT2D eigenvalue weighted by molar-refractivity contribution is -0.142. The molecular formula is C28H35N3O4S. The number of amides is 3. The minimum atomic E-state index is -0.755. The zero-order valence-electron chi connectivity index (χ0n) is 21.1. The first-order valence-corrected chi connectivity index (χ1v) is 13.8. The molecule has 3 amide bonds. The van der Waals surface area contributed by atoms with Crippen LogP contribution in [0, 0.1) is 11.8 Å². The van der Waals surface area contributed by atoms with Crippen molar-refractivity contribution < 1.29 is 19.5 Å². The van der Waals surface area contributed by atoms with Crippen LogP contribution in [0.1, 0.15) is 46.5 Å². The number of hydrogen-bond acceptors (Lipinski definition) is 5. The molecule has 3 fully saturated rings. The Bertz CT molecular complexity index is 1200. The number of nitrogens with zero attached hydrogens (tertiary/aromatic N) is 1. The van der Waals surface area contributed by atoms with Crippen molar-refractivity contribution in [1.82, 2.24) is 10.2 Å². The van der Waals surface area contributed by atoms with Gasteiger partial charge in [0.1, 0.15) is 6.04 Å². The van der Waals surface area contributed by atoms with Gasteiger partial charge in [-0.15, -0.1) is 11.8 Å². The lowest BCUT2D eigenvalue weighted by Gasteiger charge is -2.36. The molecule has 3 saturated heterocycles. The lowest BCUT2D eigenvalue weighted by Crippen LogP contribution is -2.54. The average molecular weight is 510 g/mol. The summed E-state index contributed by atoms with van der Waals surface area (Å²) in [4.78, 5) is 43.0. The van der Waals surface area contributed by atoms with Crippen LogP contribution in [0.4, 0.5) is 5.69 Å². The van der Waals surface area contributed by atoms with Crippen molar-refractivity contribution in [2.75, 3.05) is 18.5 Å². The Morgan fingerprint density at radius 3 is 2.58 bits per heavy atom. The van der Waals surface area contributed by atoms with E-state index in [1.54, 1.807) is 16.7 Å². The Morgan fingerprint density at radius 1 is 1.14 bits per heavy atom. The van der Waals surface area contributed by atoms with Gasteiger partial charge in [-0.05, 0) is 55.5 Å². The largest absolute Gasteiger partial charge is 0.394 e. The first kappa shape index (κ1) is 25.1. The van der Waals surface area contributed by atoms with Crippen molar-refractivity contribution in [2.24, 2.45) is 11.8 Å². The molecule has 2 aromatic rings. The van der Waals surface area contributed by atoms with Crippen molar-refractivity contribution in [3.63, 3.8) is 0 Å². The number of hydrogen-bond donors (Lipinski definition) is 3. The number of rotatable bonds is 8. The Hall–Kier alpha value is -2.58. The predicted octanol–water partition coefficient (Wildman–Crippen LogP) is 3.56. The Balaban J connectivity index is 1.53. The smallest absolute Gasteiger partial charge is 0.248 e. The molecule has 7 nitrogen and oxygen atoms in total. The second kappa shape index (κ2) is 9.38. The van der Waals surface area contributed by atoms with Crippen LogP contribution in [-0.4, -0.2) is 62.5 Å². The molecule has 0 radical (unpaired) electrons. The molecule has 6 atom stereocenters. The van der Waals surface area contributed by atoms with E-state index in [9.17, 15) is 19.5 Å². The second-order valence-electron chi connectivity index (χ2n) is 10.6. The summed E-state index contributed by atoms with van der Waals surface area (Å²) in [5.41, 5.74) is 0.670. The number of likely N-dealkylation sites (tertiary alicyclic amines) is 1. The van der Waals surface area contributed by atoms with Crippen LogP contribution in [0.25, 0.3) is 10.8 Å². The van der Waals surface area contributed by atoms with Gasteiger partial charge >= 0.3 is 0 Å². The highest BCUT2D eigenvalue weighted by molar-refractivity contribution is 8.02. The summed E-state index contributed by atoms with van der Waals surface area (Å²) in [5.74, 6) is -1.60. The lowest BCUT2D eigenvalue weighted by atomic mass is 9.66. The Morgan fingerprint density at radius 2 is 1.89 bits per heavy atom. The molecular weight excluding hydrogens is 474 g/mol. The van der Waals surface area contributed by atoms with E-state index >= 15 is 0 Å². The van der Waals surface area contributed by atoms with Crippen LogP contribution < -0.4 is 10.6 Å². The summed E-state index contributed by atoms with van der Waals surface area (Å²) in [7, 11) is 0. The van der Waals surface area contributed by atoms with Gasteiger partial charge in [0, 0.05) is 17.0 Å². The van der Waals surface area contributed by atoms with Crippen molar-refractivity contribution in [3.8, 4) is 0 Å². The number of benzene rings is 2. The molecule has 3 aliphatic rings. The van der Waals surface area contributed by atoms with Crippen molar-refractivity contribution in [2.45, 2.75) is 68.0 Å². The number of fused-ring (bicyclic) bond motifs is 2. The molecule has 5 rings (SSSR count). The highest BCUT2D eigenvalue weighted by Gasteiger charge is 2.77. The fraction of sp³-hybridized carbons (Fsp3) is 0.536. The van der Waals surface area contributed by atoms with Crippen molar-refractivity contribution >= 4 is 45.9 Å². The van der Waals surface area contributed by atoms with Gasteiger partial charge in [-0.2, -0.15) is 0 Å². The van der Waals surface area contributed by atoms with E-state index in [4.69, 9.17) is 0 Å². The monoisotopic (exact) mass is 509 g/mol. The molecule has 0 aliphatic carbocycles. The fourth-order valence-corrected chi connectivity index (χ4v) is 9.05. The molecule has 3 N–H and O–H groups in total. The SMILES string of the molecule is CCCNC(=O)[C@H]1[C@H]2C(=O)N([C@@H](CC)CO)C(C(=O)Nc3ccc4ccccc4c3)C23CC[C@]1(C)S3. The van der Waals surface area contributed by atoms with Crippen LogP contribution in [0.15, 0.2) is 42.5 Å². The third-order valence-corrected chi connectivity index (χ3v) is 10.4. The number of carbonyl (C=O) groups is 3. The van der Waals surface area contributed by atoms with Gasteiger partial charge in [-0.25, -0.2) is 0 Å². The average Bonchev–Trinajstić information content (AvgIpc) is 3.44. The number of nitrogens with one attached hydrogen (secondary N) is 2. The van der Waals surface area contributed by atoms with E-state index in [0.717, 1.165) is 23.6 Å². The number of carbonyl (C=O) groups excluding carboxylic acids is 3. The van der Waals surface area contributed by atoms with Crippen LogP contribution in [0.2, 0.25) is 0 Å². The summed E-state index contributed by atoms with van der Waals surface area (Å²) >= 11 is 1.65. The van der Waals surface area contributed by atoms with Gasteiger partial charge < -0.3 is 20.6 Å². The molecule has 8 heteroatoms. The number of anilines is 1. The normalized spacial score (nSPS) is 31.5. The molecule has 2 aromatic carbocycles. The highest BCUT2D eigenvalue weighted by Crippen LogP contribution is 2.71. The summed E-state index contributed by atoms with van der Waals surface area (Å²) in [5, 5.41) is 18.4. The molecule has 2 bridgehead atoms. The van der Waals surface area contributed by atoms with E-state index in [1.165, 1.54) is 0 Å². The second-order valence-corrected chi connectivity index (χ2v) is 12.5. The molecule has 192 valence electrons. The van der Waals surface area contributed by atoms with Gasteiger partial charge in [-0.1, -0.05) is 44.2 Å². The number of thioether (sulfide) groups is 1. The first-order valence-electron chi connectivity index (χ1n) is 13.0. The van der Waals surface area contributed by atoms with Crippen LogP contribution in [-0.2, 0) is 14.4 Å². The fourth-order valence-electron chi connectivity index (χ4n) is 6.71. The molecule has 1 spiro atoms. The molecule has 0 aromatic heterocycles. The number of aliphatic hydroxyl groups is 1. The number of aliphatic hydroxyl groups excluding tert-OH is 1. The van der Waals surface area contributed by atoms with E-state index in [-0.39, 0.29) is 24.3 Å². The maximum absolute atomic E-state index is 14.0. The molecule has 3 aliphatic heterocycles. The third-order valence-electron chi connectivity index (χ3n) is 8.39. The zero-order valence-corrected chi connectivity index (χ0v) is 21.9. The quantitative estimate of drug-likeness (QED) is 0.506. The highest BCUT2D eigenvalue weighted by atomic mass is 32.2. The van der Waals surface area contributed by atoms with E-state index in [0.29, 0.717) is 25.1 Å². The molecule has 36 heavy (non-hydrogen) atoms. The van der Waals surface area contributed by atoms with Crippen LogP contribution >= 0.6 is 11.8 Å².